The Labute approximate surface area is 157 Å². The van der Waals surface area contributed by atoms with Gasteiger partial charge >= 0.3 is 6.18 Å². The minimum atomic E-state index is -4.40. The summed E-state index contributed by atoms with van der Waals surface area (Å²) in [5.74, 6) is 0.558. The Morgan fingerprint density at radius 2 is 1.96 bits per heavy atom. The van der Waals surface area contributed by atoms with Crippen molar-refractivity contribution >= 4 is 16.5 Å². The molecule has 0 aliphatic carbocycles. The monoisotopic (exact) mass is 395 g/mol. The quantitative estimate of drug-likeness (QED) is 0.674. The fourth-order valence-corrected chi connectivity index (χ4v) is 3.63. The van der Waals surface area contributed by atoms with E-state index in [2.05, 4.69) is 24.9 Å². The van der Waals surface area contributed by atoms with Crippen LogP contribution in [-0.2, 0) is 12.7 Å². The van der Waals surface area contributed by atoms with Crippen LogP contribution in [0.15, 0.2) is 40.4 Å². The van der Waals surface area contributed by atoms with E-state index in [9.17, 15) is 13.2 Å². The Morgan fingerprint density at radius 3 is 2.67 bits per heavy atom. The first-order valence-electron chi connectivity index (χ1n) is 8.36. The van der Waals surface area contributed by atoms with Crippen molar-refractivity contribution in [1.82, 2.24) is 20.0 Å². The molecular formula is C17H16F3N5OS. The fourth-order valence-electron chi connectivity index (χ4n) is 2.93. The molecule has 0 unspecified atom stereocenters. The molecule has 27 heavy (non-hydrogen) atoms. The Bertz CT molecular complexity index is 888. The Balaban J connectivity index is 1.39. The number of alkyl halides is 3. The lowest BCUT2D eigenvalue weighted by molar-refractivity contribution is -0.137. The van der Waals surface area contributed by atoms with Gasteiger partial charge in [-0.25, -0.2) is 4.98 Å². The molecular weight excluding hydrogens is 379 g/mol. The highest BCUT2D eigenvalue weighted by Gasteiger charge is 2.31. The molecule has 0 N–H and O–H groups in total. The number of nitrogens with zero attached hydrogens (tertiary/aromatic N) is 5. The molecule has 2 aromatic heterocycles. The summed E-state index contributed by atoms with van der Waals surface area (Å²) >= 11 is 1.61. The molecule has 1 fully saturated rings. The van der Waals surface area contributed by atoms with Gasteiger partial charge in [0.15, 0.2) is 5.13 Å². The predicted octanol–water partition coefficient (Wildman–Crippen LogP) is 3.53. The van der Waals surface area contributed by atoms with E-state index < -0.39 is 11.7 Å². The molecule has 1 saturated heterocycles. The summed E-state index contributed by atoms with van der Waals surface area (Å²) in [5.41, 5.74) is -0.446. The summed E-state index contributed by atoms with van der Waals surface area (Å²) in [6.07, 6.45) is -2.61. The first kappa shape index (κ1) is 17.9. The third kappa shape index (κ3) is 4.11. The molecule has 0 amide bonds. The summed E-state index contributed by atoms with van der Waals surface area (Å²) in [6, 6.07) is 4.93. The van der Waals surface area contributed by atoms with Crippen molar-refractivity contribution in [1.29, 1.82) is 0 Å². The standard InChI is InChI=1S/C17H16F3N5OS/c18-17(19,20)13-3-1-2-12(10-13)15-22-14(26-23-15)11-24-5-7-25(8-6-24)16-21-4-9-27-16/h1-4,9-10H,5-8,11H2. The second-order valence-corrected chi connectivity index (χ2v) is 7.04. The van der Waals surface area contributed by atoms with Gasteiger partial charge < -0.3 is 9.42 Å². The van der Waals surface area contributed by atoms with Gasteiger partial charge in [-0.05, 0) is 12.1 Å². The first-order chi connectivity index (χ1) is 13.0. The van der Waals surface area contributed by atoms with Crippen molar-refractivity contribution in [2.45, 2.75) is 12.7 Å². The van der Waals surface area contributed by atoms with Gasteiger partial charge in [-0.2, -0.15) is 18.2 Å². The van der Waals surface area contributed by atoms with Crippen molar-refractivity contribution in [3.05, 3.63) is 47.3 Å². The number of piperazine rings is 1. The van der Waals surface area contributed by atoms with Crippen molar-refractivity contribution in [3.8, 4) is 11.4 Å². The average Bonchev–Trinajstić information content (AvgIpc) is 3.34. The lowest BCUT2D eigenvalue weighted by Gasteiger charge is -2.33. The number of hydrogen-bond acceptors (Lipinski definition) is 7. The van der Waals surface area contributed by atoms with E-state index in [0.717, 1.165) is 43.4 Å². The molecule has 142 valence electrons. The summed E-state index contributed by atoms with van der Waals surface area (Å²) in [5, 5.41) is 6.80. The molecule has 6 nitrogen and oxygen atoms in total. The maximum Gasteiger partial charge on any atom is 0.416 e. The zero-order chi connectivity index (χ0) is 18.9. The van der Waals surface area contributed by atoms with Gasteiger partial charge in [0.1, 0.15) is 0 Å². The third-order valence-corrected chi connectivity index (χ3v) is 5.17. The van der Waals surface area contributed by atoms with E-state index in [-0.39, 0.29) is 11.4 Å². The van der Waals surface area contributed by atoms with Crippen LogP contribution in [0.4, 0.5) is 18.3 Å². The van der Waals surface area contributed by atoms with E-state index >= 15 is 0 Å². The number of hydrogen-bond donors (Lipinski definition) is 0. The van der Waals surface area contributed by atoms with E-state index in [1.54, 1.807) is 17.5 Å². The molecule has 0 radical (unpaired) electrons. The molecule has 3 aromatic rings. The van der Waals surface area contributed by atoms with E-state index in [1.165, 1.54) is 12.1 Å². The minimum absolute atomic E-state index is 0.164. The Kier molecular flexibility index (Phi) is 4.83. The van der Waals surface area contributed by atoms with Crippen LogP contribution in [0.3, 0.4) is 0 Å². The van der Waals surface area contributed by atoms with Crippen LogP contribution in [0.25, 0.3) is 11.4 Å². The van der Waals surface area contributed by atoms with Gasteiger partial charge in [0.05, 0.1) is 12.1 Å². The van der Waals surface area contributed by atoms with Gasteiger partial charge in [-0.3, -0.25) is 4.90 Å². The zero-order valence-electron chi connectivity index (χ0n) is 14.2. The van der Waals surface area contributed by atoms with Gasteiger partial charge in [0, 0.05) is 43.3 Å². The van der Waals surface area contributed by atoms with Gasteiger partial charge in [0.2, 0.25) is 11.7 Å². The van der Waals surface area contributed by atoms with Crippen LogP contribution >= 0.6 is 11.3 Å². The molecule has 4 rings (SSSR count). The number of aromatic nitrogens is 3. The maximum atomic E-state index is 12.9. The second-order valence-electron chi connectivity index (χ2n) is 6.17. The summed E-state index contributed by atoms with van der Waals surface area (Å²) < 4.78 is 43.8. The van der Waals surface area contributed by atoms with E-state index in [0.29, 0.717) is 12.4 Å². The number of rotatable bonds is 4. The zero-order valence-corrected chi connectivity index (χ0v) is 15.0. The van der Waals surface area contributed by atoms with E-state index in [1.807, 2.05) is 5.38 Å². The number of thiazole rings is 1. The smallest absolute Gasteiger partial charge is 0.346 e. The molecule has 0 saturated carbocycles. The largest absolute Gasteiger partial charge is 0.416 e. The molecule has 3 heterocycles. The molecule has 10 heteroatoms. The highest BCUT2D eigenvalue weighted by Crippen LogP contribution is 2.31. The maximum absolute atomic E-state index is 12.9. The fraction of sp³-hybridized carbons (Fsp3) is 0.353. The third-order valence-electron chi connectivity index (χ3n) is 4.34. The van der Waals surface area contributed by atoms with Crippen LogP contribution in [0.2, 0.25) is 0 Å². The lowest BCUT2D eigenvalue weighted by atomic mass is 10.1. The molecule has 1 aromatic carbocycles. The van der Waals surface area contributed by atoms with Crippen molar-refractivity contribution in [2.75, 3.05) is 31.1 Å². The van der Waals surface area contributed by atoms with E-state index in [4.69, 9.17) is 4.52 Å². The van der Waals surface area contributed by atoms with Gasteiger partial charge in [-0.1, -0.05) is 17.3 Å². The normalized spacial score (nSPS) is 16.0. The highest BCUT2D eigenvalue weighted by molar-refractivity contribution is 7.13. The van der Waals surface area contributed by atoms with Crippen LogP contribution in [0.1, 0.15) is 11.5 Å². The number of anilines is 1. The summed E-state index contributed by atoms with van der Waals surface area (Å²) in [6.45, 7) is 3.81. The van der Waals surface area contributed by atoms with Gasteiger partial charge in [-0.15, -0.1) is 11.3 Å². The summed E-state index contributed by atoms with van der Waals surface area (Å²) in [7, 11) is 0. The highest BCUT2D eigenvalue weighted by atomic mass is 32.1. The number of halogens is 3. The van der Waals surface area contributed by atoms with Crippen LogP contribution in [0.5, 0.6) is 0 Å². The minimum Gasteiger partial charge on any atom is -0.346 e. The number of benzene rings is 1. The van der Waals surface area contributed by atoms with Crippen LogP contribution in [-0.4, -0.2) is 46.2 Å². The Hall–Kier alpha value is -2.46. The average molecular weight is 395 g/mol. The predicted molar refractivity (Wildman–Crippen MR) is 94.3 cm³/mol. The Morgan fingerprint density at radius 1 is 1.15 bits per heavy atom. The lowest BCUT2D eigenvalue weighted by Crippen LogP contribution is -2.46. The first-order valence-corrected chi connectivity index (χ1v) is 9.24. The molecule has 0 spiro atoms. The van der Waals surface area contributed by atoms with Crippen LogP contribution < -0.4 is 4.90 Å². The molecule has 0 atom stereocenters. The topological polar surface area (TPSA) is 58.3 Å². The molecule has 0 bridgehead atoms. The van der Waals surface area contributed by atoms with Crippen LogP contribution in [0, 0.1) is 0 Å². The SMILES string of the molecule is FC(F)(F)c1cccc(-c2noc(CN3CCN(c4nccs4)CC3)n2)c1. The summed E-state index contributed by atoms with van der Waals surface area (Å²) in [4.78, 5) is 13.0. The molecule has 1 aliphatic heterocycles. The van der Waals surface area contributed by atoms with Crippen molar-refractivity contribution in [3.63, 3.8) is 0 Å². The van der Waals surface area contributed by atoms with Crippen molar-refractivity contribution < 1.29 is 17.7 Å². The van der Waals surface area contributed by atoms with Gasteiger partial charge in [0.25, 0.3) is 0 Å². The second kappa shape index (κ2) is 7.28. The van der Waals surface area contributed by atoms with Crippen molar-refractivity contribution in [2.24, 2.45) is 0 Å². The molecule has 1 aliphatic rings.